The van der Waals surface area contributed by atoms with Crippen LogP contribution < -0.4 is 5.32 Å². The maximum atomic E-state index is 11.8. The third-order valence-electron chi connectivity index (χ3n) is 2.75. The Morgan fingerprint density at radius 1 is 1.38 bits per heavy atom. The third kappa shape index (κ3) is 2.66. The first kappa shape index (κ1) is 11.7. The monoisotopic (exact) mass is 258 g/mol. The normalized spacial score (nSPS) is 16.4. The quantitative estimate of drug-likeness (QED) is 0.829. The van der Waals surface area contributed by atoms with Crippen molar-refractivity contribution >= 4 is 29.1 Å². The van der Waals surface area contributed by atoms with E-state index in [1.165, 1.54) is 19.0 Å². The Labute approximate surface area is 104 Å². The summed E-state index contributed by atoms with van der Waals surface area (Å²) in [7, 11) is 0. The fourth-order valence-corrected chi connectivity index (χ4v) is 2.15. The summed E-state index contributed by atoms with van der Waals surface area (Å²) in [5.41, 5.74) is 0.460. The van der Waals surface area contributed by atoms with Crippen LogP contribution in [0.15, 0.2) is 12.3 Å². The molecule has 0 atom stereocenters. The molecule has 0 spiro atoms. The van der Waals surface area contributed by atoms with Crippen molar-refractivity contribution in [2.24, 2.45) is 0 Å². The highest BCUT2D eigenvalue weighted by atomic mass is 35.5. The van der Waals surface area contributed by atoms with E-state index in [2.05, 4.69) is 10.3 Å². The number of hydrogen-bond donors (Lipinski definition) is 1. The Morgan fingerprint density at radius 2 is 2.06 bits per heavy atom. The molecular formula is C11H12Cl2N2O. The van der Waals surface area contributed by atoms with Gasteiger partial charge in [-0.3, -0.25) is 4.79 Å². The van der Waals surface area contributed by atoms with E-state index in [4.69, 9.17) is 23.2 Å². The summed E-state index contributed by atoms with van der Waals surface area (Å²) in [5.74, 6) is -0.127. The maximum Gasteiger partial charge on any atom is 0.253 e. The molecule has 86 valence electrons. The highest BCUT2D eigenvalue weighted by Crippen LogP contribution is 2.21. The van der Waals surface area contributed by atoms with Gasteiger partial charge in [-0.1, -0.05) is 36.0 Å². The van der Waals surface area contributed by atoms with Gasteiger partial charge < -0.3 is 5.32 Å². The number of pyridine rings is 1. The van der Waals surface area contributed by atoms with Crippen molar-refractivity contribution in [1.29, 1.82) is 0 Å². The van der Waals surface area contributed by atoms with Crippen molar-refractivity contribution in [2.75, 3.05) is 0 Å². The molecule has 1 aliphatic carbocycles. The molecule has 1 heterocycles. The molecule has 0 aliphatic heterocycles. The predicted molar refractivity (Wildman–Crippen MR) is 64.0 cm³/mol. The lowest BCUT2D eigenvalue weighted by atomic mass is 10.2. The topological polar surface area (TPSA) is 42.0 Å². The Balaban J connectivity index is 2.05. The number of amides is 1. The van der Waals surface area contributed by atoms with Gasteiger partial charge in [0.05, 0.1) is 10.6 Å². The predicted octanol–water partition coefficient (Wildman–Crippen LogP) is 3.06. The largest absolute Gasteiger partial charge is 0.349 e. The van der Waals surface area contributed by atoms with Crippen molar-refractivity contribution in [3.05, 3.63) is 28.0 Å². The first-order chi connectivity index (χ1) is 7.66. The van der Waals surface area contributed by atoms with E-state index in [1.807, 2.05) is 0 Å². The smallest absolute Gasteiger partial charge is 0.253 e. The molecule has 0 saturated heterocycles. The second-order valence-electron chi connectivity index (χ2n) is 3.95. The summed E-state index contributed by atoms with van der Waals surface area (Å²) in [6.45, 7) is 0. The molecule has 16 heavy (non-hydrogen) atoms. The van der Waals surface area contributed by atoms with Gasteiger partial charge in [0.1, 0.15) is 5.15 Å². The number of carbonyl (C=O) groups excluding carboxylic acids is 1. The van der Waals surface area contributed by atoms with Gasteiger partial charge in [0.25, 0.3) is 5.91 Å². The Morgan fingerprint density at radius 3 is 2.69 bits per heavy atom. The Hall–Kier alpha value is -0.800. The molecule has 0 aromatic carbocycles. The Bertz CT molecular complexity index is 403. The van der Waals surface area contributed by atoms with Crippen LogP contribution in [0.25, 0.3) is 0 Å². The second-order valence-corrected chi connectivity index (χ2v) is 4.72. The van der Waals surface area contributed by atoms with Crippen LogP contribution in [-0.4, -0.2) is 16.9 Å². The minimum atomic E-state index is -0.127. The van der Waals surface area contributed by atoms with E-state index < -0.39 is 0 Å². The van der Waals surface area contributed by atoms with Crippen molar-refractivity contribution in [3.63, 3.8) is 0 Å². The van der Waals surface area contributed by atoms with Gasteiger partial charge in [-0.2, -0.15) is 0 Å². The zero-order valence-corrected chi connectivity index (χ0v) is 10.2. The fourth-order valence-electron chi connectivity index (χ4n) is 1.88. The molecule has 2 rings (SSSR count). The molecule has 1 amide bonds. The molecule has 0 radical (unpaired) electrons. The maximum absolute atomic E-state index is 11.8. The number of rotatable bonds is 2. The highest BCUT2D eigenvalue weighted by Gasteiger charge is 2.18. The second kappa shape index (κ2) is 5.02. The fraction of sp³-hybridized carbons (Fsp3) is 0.455. The van der Waals surface area contributed by atoms with Crippen LogP contribution in [0.2, 0.25) is 10.2 Å². The van der Waals surface area contributed by atoms with E-state index in [0.717, 1.165) is 12.8 Å². The van der Waals surface area contributed by atoms with Crippen molar-refractivity contribution in [3.8, 4) is 0 Å². The number of aromatic nitrogens is 1. The van der Waals surface area contributed by atoms with E-state index in [1.54, 1.807) is 6.07 Å². The molecule has 0 unspecified atom stereocenters. The summed E-state index contributed by atoms with van der Waals surface area (Å²) < 4.78 is 0. The van der Waals surface area contributed by atoms with Crippen LogP contribution in [-0.2, 0) is 0 Å². The van der Waals surface area contributed by atoms with Crippen LogP contribution in [0.3, 0.4) is 0 Å². The zero-order valence-electron chi connectivity index (χ0n) is 8.67. The van der Waals surface area contributed by atoms with Gasteiger partial charge in [0.2, 0.25) is 0 Å². The van der Waals surface area contributed by atoms with Crippen LogP contribution >= 0.6 is 23.2 Å². The van der Waals surface area contributed by atoms with E-state index in [9.17, 15) is 4.79 Å². The molecule has 0 bridgehead atoms. The number of hydrogen-bond acceptors (Lipinski definition) is 2. The van der Waals surface area contributed by atoms with Gasteiger partial charge in [-0.15, -0.1) is 0 Å². The van der Waals surface area contributed by atoms with Gasteiger partial charge >= 0.3 is 0 Å². The molecule has 1 aliphatic rings. The summed E-state index contributed by atoms with van der Waals surface area (Å²) in [5, 5.41) is 3.49. The number of nitrogens with one attached hydrogen (secondary N) is 1. The van der Waals surface area contributed by atoms with Gasteiger partial charge in [0, 0.05) is 12.2 Å². The van der Waals surface area contributed by atoms with Gasteiger partial charge in [-0.25, -0.2) is 4.98 Å². The summed E-state index contributed by atoms with van der Waals surface area (Å²) in [6.07, 6.45) is 5.93. The van der Waals surface area contributed by atoms with E-state index >= 15 is 0 Å². The minimum absolute atomic E-state index is 0.127. The highest BCUT2D eigenvalue weighted by molar-refractivity contribution is 6.41. The van der Waals surface area contributed by atoms with Crippen LogP contribution in [0.5, 0.6) is 0 Å². The average molecular weight is 259 g/mol. The molecule has 1 aromatic heterocycles. The summed E-state index contributed by atoms with van der Waals surface area (Å²) in [6, 6.07) is 1.84. The van der Waals surface area contributed by atoms with Gasteiger partial charge in [-0.05, 0) is 18.9 Å². The van der Waals surface area contributed by atoms with Crippen molar-refractivity contribution < 1.29 is 4.79 Å². The molecule has 1 N–H and O–H groups in total. The average Bonchev–Trinajstić information content (AvgIpc) is 2.74. The third-order valence-corrected chi connectivity index (χ3v) is 3.43. The number of halogens is 2. The summed E-state index contributed by atoms with van der Waals surface area (Å²) >= 11 is 11.5. The molecule has 5 heteroatoms. The van der Waals surface area contributed by atoms with Crippen LogP contribution in [0, 0.1) is 0 Å². The molecule has 3 nitrogen and oxygen atoms in total. The molecule has 1 aromatic rings. The lowest BCUT2D eigenvalue weighted by molar-refractivity contribution is 0.0937. The Kier molecular flexibility index (Phi) is 3.66. The molecule has 1 fully saturated rings. The zero-order chi connectivity index (χ0) is 11.5. The number of carbonyl (C=O) groups is 1. The van der Waals surface area contributed by atoms with Crippen molar-refractivity contribution in [2.45, 2.75) is 31.7 Å². The van der Waals surface area contributed by atoms with Crippen LogP contribution in [0.4, 0.5) is 0 Å². The minimum Gasteiger partial charge on any atom is -0.349 e. The van der Waals surface area contributed by atoms with Crippen molar-refractivity contribution in [1.82, 2.24) is 10.3 Å². The first-order valence-corrected chi connectivity index (χ1v) is 6.04. The standard InChI is InChI=1S/C11H12Cl2N2O/c12-9-5-7(6-14-10(9)13)11(16)15-8-3-1-2-4-8/h5-6,8H,1-4H2,(H,15,16). The first-order valence-electron chi connectivity index (χ1n) is 5.29. The van der Waals surface area contributed by atoms with Crippen LogP contribution in [0.1, 0.15) is 36.0 Å². The lowest BCUT2D eigenvalue weighted by Gasteiger charge is -2.11. The molecular weight excluding hydrogens is 247 g/mol. The van der Waals surface area contributed by atoms with E-state index in [0.29, 0.717) is 16.6 Å². The van der Waals surface area contributed by atoms with E-state index in [-0.39, 0.29) is 11.1 Å². The lowest BCUT2D eigenvalue weighted by Crippen LogP contribution is -2.32. The molecule has 1 saturated carbocycles. The number of nitrogens with zero attached hydrogens (tertiary/aromatic N) is 1. The summed E-state index contributed by atoms with van der Waals surface area (Å²) in [4.78, 5) is 15.7. The SMILES string of the molecule is O=C(NC1CCCC1)c1cnc(Cl)c(Cl)c1. The van der Waals surface area contributed by atoms with Gasteiger partial charge in [0.15, 0.2) is 0 Å².